The number of para-hydroxylation sites is 4. The largest absolute Gasteiger partial charge is 0.309 e. The molecular formula is C46H31N5. The molecule has 0 saturated carbocycles. The molecule has 0 aliphatic rings. The molecule has 7 aromatic carbocycles. The van der Waals surface area contributed by atoms with Crippen molar-refractivity contribution in [3.8, 4) is 34.2 Å². The van der Waals surface area contributed by atoms with Gasteiger partial charge in [0, 0.05) is 44.8 Å². The minimum Gasteiger partial charge on any atom is -0.309 e. The van der Waals surface area contributed by atoms with Crippen LogP contribution in [0.15, 0.2) is 176 Å². The average Bonchev–Trinajstić information content (AvgIpc) is 3.72. The summed E-state index contributed by atoms with van der Waals surface area (Å²) in [5, 5.41) is 4.92. The second-order valence-corrected chi connectivity index (χ2v) is 12.9. The zero-order valence-electron chi connectivity index (χ0n) is 27.7. The van der Waals surface area contributed by atoms with E-state index < -0.39 is 0 Å². The summed E-state index contributed by atoms with van der Waals surface area (Å²) in [6.07, 6.45) is 0.520. The molecule has 0 amide bonds. The third-order valence-corrected chi connectivity index (χ3v) is 9.82. The lowest BCUT2D eigenvalue weighted by atomic mass is 10.1. The van der Waals surface area contributed by atoms with Gasteiger partial charge < -0.3 is 9.13 Å². The van der Waals surface area contributed by atoms with E-state index in [0.29, 0.717) is 23.9 Å². The van der Waals surface area contributed by atoms with Gasteiger partial charge in [-0.1, -0.05) is 140 Å². The lowest BCUT2D eigenvalue weighted by molar-refractivity contribution is 0.924. The minimum absolute atomic E-state index is 0.520. The van der Waals surface area contributed by atoms with Gasteiger partial charge in [0.25, 0.3) is 0 Å². The van der Waals surface area contributed by atoms with Crippen LogP contribution in [0.4, 0.5) is 0 Å². The molecule has 3 heterocycles. The Labute approximate surface area is 294 Å². The van der Waals surface area contributed by atoms with E-state index in [1.165, 1.54) is 32.6 Å². The first-order valence-corrected chi connectivity index (χ1v) is 17.3. The first-order chi connectivity index (χ1) is 25.3. The highest BCUT2D eigenvalue weighted by molar-refractivity contribution is 6.10. The van der Waals surface area contributed by atoms with E-state index in [1.54, 1.807) is 0 Å². The molecule has 0 spiro atoms. The lowest BCUT2D eigenvalue weighted by Gasteiger charge is -2.17. The van der Waals surface area contributed by atoms with Gasteiger partial charge in [0.05, 0.1) is 27.8 Å². The molecule has 0 aliphatic carbocycles. The van der Waals surface area contributed by atoms with Crippen molar-refractivity contribution in [1.82, 2.24) is 24.1 Å². The molecule has 3 aromatic heterocycles. The SMILES string of the molecule is c1ccc(-c2nc(Cc3ccc(-n4c5ccccc5c5ccccc54)cc3-n3c4ccccc4c4ccccc43)nc(-c3ccccc3)n2)cc1. The maximum atomic E-state index is 5.09. The Hall–Kier alpha value is -6.85. The summed E-state index contributed by atoms with van der Waals surface area (Å²) in [6.45, 7) is 0. The van der Waals surface area contributed by atoms with E-state index in [0.717, 1.165) is 39.1 Å². The van der Waals surface area contributed by atoms with Crippen molar-refractivity contribution in [3.63, 3.8) is 0 Å². The molecule has 0 aliphatic heterocycles. The van der Waals surface area contributed by atoms with E-state index in [2.05, 4.69) is 149 Å². The summed E-state index contributed by atoms with van der Waals surface area (Å²) >= 11 is 0. The summed E-state index contributed by atoms with van der Waals surface area (Å²) in [7, 11) is 0. The standard InChI is InChI=1S/C46H31N5/c1-3-15-31(16-4-1)45-47-44(48-46(49-45)32-17-5-2-6-18-32)29-33-27-28-34(50-39-23-11-7-19-35(39)36-20-8-12-24-40(36)50)30-43(33)51-41-25-13-9-21-37(41)38-22-10-14-26-42(38)51/h1-28,30H,29H2. The van der Waals surface area contributed by atoms with Crippen molar-refractivity contribution in [1.29, 1.82) is 0 Å². The number of hydrogen-bond donors (Lipinski definition) is 0. The molecule has 10 aromatic rings. The van der Waals surface area contributed by atoms with Crippen LogP contribution in [0, 0.1) is 0 Å². The summed E-state index contributed by atoms with van der Waals surface area (Å²) in [5.41, 5.74) is 9.90. The van der Waals surface area contributed by atoms with Gasteiger partial charge in [0.15, 0.2) is 11.6 Å². The molecule has 10 rings (SSSR count). The van der Waals surface area contributed by atoms with Crippen molar-refractivity contribution in [2.24, 2.45) is 0 Å². The molecule has 0 saturated heterocycles. The Morgan fingerprint density at radius 3 is 1.25 bits per heavy atom. The van der Waals surface area contributed by atoms with Crippen LogP contribution in [0.1, 0.15) is 11.4 Å². The topological polar surface area (TPSA) is 48.5 Å². The van der Waals surface area contributed by atoms with E-state index in [4.69, 9.17) is 15.0 Å². The van der Waals surface area contributed by atoms with Gasteiger partial charge in [0.2, 0.25) is 0 Å². The van der Waals surface area contributed by atoms with Crippen LogP contribution in [0.2, 0.25) is 0 Å². The van der Waals surface area contributed by atoms with E-state index in [9.17, 15) is 0 Å². The minimum atomic E-state index is 0.520. The number of aromatic nitrogens is 5. The molecule has 0 radical (unpaired) electrons. The highest BCUT2D eigenvalue weighted by Gasteiger charge is 2.19. The molecular weight excluding hydrogens is 623 g/mol. The number of rotatable bonds is 6. The van der Waals surface area contributed by atoms with Crippen LogP contribution in [0.3, 0.4) is 0 Å². The summed E-state index contributed by atoms with van der Waals surface area (Å²) in [6, 6.07) is 61.9. The molecule has 5 heteroatoms. The third kappa shape index (κ3) is 4.90. The zero-order valence-corrected chi connectivity index (χ0v) is 27.7. The Kier molecular flexibility index (Phi) is 6.81. The molecule has 5 nitrogen and oxygen atoms in total. The second kappa shape index (κ2) is 11.9. The Balaban J connectivity index is 1.23. The maximum Gasteiger partial charge on any atom is 0.163 e. The fraction of sp³-hybridized carbons (Fsp3) is 0.0217. The first-order valence-electron chi connectivity index (χ1n) is 17.3. The van der Waals surface area contributed by atoms with Gasteiger partial charge in [-0.15, -0.1) is 0 Å². The van der Waals surface area contributed by atoms with Crippen LogP contribution in [-0.4, -0.2) is 24.1 Å². The fourth-order valence-electron chi connectivity index (χ4n) is 7.53. The highest BCUT2D eigenvalue weighted by Crippen LogP contribution is 2.37. The highest BCUT2D eigenvalue weighted by atomic mass is 15.0. The van der Waals surface area contributed by atoms with E-state index >= 15 is 0 Å². The lowest BCUT2D eigenvalue weighted by Crippen LogP contribution is -2.07. The number of benzene rings is 7. The molecule has 0 bridgehead atoms. The maximum absolute atomic E-state index is 5.09. The third-order valence-electron chi connectivity index (χ3n) is 9.82. The van der Waals surface area contributed by atoms with E-state index in [1.807, 2.05) is 36.4 Å². The van der Waals surface area contributed by atoms with Gasteiger partial charge >= 0.3 is 0 Å². The van der Waals surface area contributed by atoms with Gasteiger partial charge in [0.1, 0.15) is 5.82 Å². The van der Waals surface area contributed by atoms with Crippen LogP contribution < -0.4 is 0 Å². The van der Waals surface area contributed by atoms with Crippen molar-refractivity contribution in [3.05, 3.63) is 187 Å². The van der Waals surface area contributed by atoms with Crippen LogP contribution in [0.5, 0.6) is 0 Å². The smallest absolute Gasteiger partial charge is 0.163 e. The number of hydrogen-bond acceptors (Lipinski definition) is 3. The van der Waals surface area contributed by atoms with Gasteiger partial charge in [-0.3, -0.25) is 0 Å². The number of nitrogens with zero attached hydrogens (tertiary/aromatic N) is 5. The Bertz CT molecular complexity index is 2720. The van der Waals surface area contributed by atoms with Crippen molar-refractivity contribution < 1.29 is 0 Å². The van der Waals surface area contributed by atoms with Crippen molar-refractivity contribution in [2.45, 2.75) is 6.42 Å². The van der Waals surface area contributed by atoms with Crippen molar-refractivity contribution >= 4 is 43.6 Å². The van der Waals surface area contributed by atoms with Gasteiger partial charge in [-0.05, 0) is 42.0 Å². The normalized spacial score (nSPS) is 11.6. The molecule has 0 unspecified atom stereocenters. The molecule has 51 heavy (non-hydrogen) atoms. The van der Waals surface area contributed by atoms with Gasteiger partial charge in [-0.25, -0.2) is 15.0 Å². The summed E-state index contributed by atoms with van der Waals surface area (Å²) < 4.78 is 4.80. The van der Waals surface area contributed by atoms with Crippen molar-refractivity contribution in [2.75, 3.05) is 0 Å². The quantitative estimate of drug-likeness (QED) is 0.179. The van der Waals surface area contributed by atoms with Crippen LogP contribution in [0.25, 0.3) is 77.8 Å². The predicted molar refractivity (Wildman–Crippen MR) is 209 cm³/mol. The molecule has 0 fully saturated rings. The second-order valence-electron chi connectivity index (χ2n) is 12.9. The van der Waals surface area contributed by atoms with E-state index in [-0.39, 0.29) is 0 Å². The average molecular weight is 654 g/mol. The zero-order chi connectivity index (χ0) is 33.7. The predicted octanol–water partition coefficient (Wildman–Crippen LogP) is 11.0. The Morgan fingerprint density at radius 2 is 0.784 bits per heavy atom. The molecule has 240 valence electrons. The molecule has 0 N–H and O–H groups in total. The van der Waals surface area contributed by atoms with Gasteiger partial charge in [-0.2, -0.15) is 0 Å². The monoisotopic (exact) mass is 653 g/mol. The molecule has 0 atom stereocenters. The van der Waals surface area contributed by atoms with Crippen LogP contribution >= 0.6 is 0 Å². The summed E-state index contributed by atoms with van der Waals surface area (Å²) in [4.78, 5) is 15.1. The first kappa shape index (κ1) is 29.1. The fourth-order valence-corrected chi connectivity index (χ4v) is 7.53. The summed E-state index contributed by atoms with van der Waals surface area (Å²) in [5.74, 6) is 2.05. The number of fused-ring (bicyclic) bond motifs is 6. The van der Waals surface area contributed by atoms with Crippen LogP contribution in [-0.2, 0) is 6.42 Å². The Morgan fingerprint density at radius 1 is 0.373 bits per heavy atom.